The van der Waals surface area contributed by atoms with Crippen LogP contribution in [0.4, 0.5) is 0 Å². The van der Waals surface area contributed by atoms with E-state index >= 15 is 0 Å². The highest BCUT2D eigenvalue weighted by Crippen LogP contribution is 2.31. The molecule has 1 fully saturated rings. The van der Waals surface area contributed by atoms with Crippen molar-refractivity contribution in [1.29, 1.82) is 0 Å². The highest BCUT2D eigenvalue weighted by Gasteiger charge is 2.50. The third-order valence-corrected chi connectivity index (χ3v) is 6.03. The molecule has 2 aromatic heterocycles. The number of carboxylic acids is 1. The minimum Gasteiger partial charge on any atom is -0.506 e. The van der Waals surface area contributed by atoms with Gasteiger partial charge >= 0.3 is 11.7 Å². The monoisotopic (exact) mass is 509 g/mol. The second-order valence-corrected chi connectivity index (χ2v) is 8.55. The SMILES string of the molecule is Cc1cn([C@@H]2O[C@H]([C@H](NC(=O)[C@@H](N)[C@H](C)[C@H](O)c3ccc(O)cn3)C(=O)O)[C@@H](O)[C@H]2O)c(=O)[nH]c1=O. The van der Waals surface area contributed by atoms with Gasteiger partial charge in [0.1, 0.15) is 30.2 Å². The van der Waals surface area contributed by atoms with Crippen LogP contribution in [0.15, 0.2) is 34.1 Å². The van der Waals surface area contributed by atoms with Crippen LogP contribution in [0.5, 0.6) is 5.75 Å². The topological polar surface area (TPSA) is 250 Å². The van der Waals surface area contributed by atoms with Crippen molar-refractivity contribution in [2.75, 3.05) is 0 Å². The maximum atomic E-state index is 12.8. The van der Waals surface area contributed by atoms with E-state index in [2.05, 4.69) is 10.3 Å². The summed E-state index contributed by atoms with van der Waals surface area (Å²) in [6.07, 6.45) is -6.09. The van der Waals surface area contributed by atoms with E-state index in [0.29, 0.717) is 0 Å². The molecule has 0 bridgehead atoms. The van der Waals surface area contributed by atoms with Crippen LogP contribution < -0.4 is 22.3 Å². The highest BCUT2D eigenvalue weighted by atomic mass is 16.6. The molecule has 196 valence electrons. The van der Waals surface area contributed by atoms with Gasteiger partial charge in [0.25, 0.3) is 5.56 Å². The fourth-order valence-corrected chi connectivity index (χ4v) is 3.78. The molecule has 1 amide bonds. The quantitative estimate of drug-likeness (QED) is 0.175. The molecule has 15 nitrogen and oxygen atoms in total. The average Bonchev–Trinajstić information content (AvgIpc) is 3.12. The lowest BCUT2D eigenvalue weighted by Gasteiger charge is -2.28. The number of H-pyrrole nitrogens is 1. The van der Waals surface area contributed by atoms with E-state index in [9.17, 15) is 44.7 Å². The van der Waals surface area contributed by atoms with E-state index < -0.39 is 71.8 Å². The van der Waals surface area contributed by atoms with E-state index in [-0.39, 0.29) is 17.0 Å². The molecule has 0 aromatic carbocycles. The van der Waals surface area contributed by atoms with Gasteiger partial charge in [-0.25, -0.2) is 9.59 Å². The second kappa shape index (κ2) is 10.5. The number of aryl methyl sites for hydroxylation is 1. The number of nitrogens with one attached hydrogen (secondary N) is 2. The van der Waals surface area contributed by atoms with Gasteiger partial charge in [-0.1, -0.05) is 6.92 Å². The summed E-state index contributed by atoms with van der Waals surface area (Å²) in [4.78, 5) is 54.3. The molecule has 3 rings (SSSR count). The molecule has 2 aromatic rings. The molecular weight excluding hydrogens is 482 g/mol. The van der Waals surface area contributed by atoms with Crippen molar-refractivity contribution in [3.63, 3.8) is 0 Å². The van der Waals surface area contributed by atoms with E-state index in [1.54, 1.807) is 0 Å². The van der Waals surface area contributed by atoms with Crippen molar-refractivity contribution in [3.8, 4) is 5.75 Å². The molecule has 9 N–H and O–H groups in total. The maximum Gasteiger partial charge on any atom is 0.330 e. The lowest BCUT2D eigenvalue weighted by molar-refractivity contribution is -0.149. The maximum absolute atomic E-state index is 12.8. The number of rotatable bonds is 8. The first-order valence-electron chi connectivity index (χ1n) is 10.8. The van der Waals surface area contributed by atoms with Crippen molar-refractivity contribution < 1.29 is 39.9 Å². The summed E-state index contributed by atoms with van der Waals surface area (Å²) in [5.41, 5.74) is 4.49. The molecular formula is C21H27N5O10. The first-order valence-corrected chi connectivity index (χ1v) is 10.8. The number of pyridine rings is 1. The molecule has 0 saturated carbocycles. The van der Waals surface area contributed by atoms with Gasteiger partial charge in [0.05, 0.1) is 17.9 Å². The van der Waals surface area contributed by atoms with Crippen LogP contribution in [-0.2, 0) is 14.3 Å². The molecule has 8 atom stereocenters. The summed E-state index contributed by atoms with van der Waals surface area (Å²) < 4.78 is 6.25. The van der Waals surface area contributed by atoms with E-state index in [4.69, 9.17) is 10.5 Å². The number of carboxylic acid groups (broad SMARTS) is 1. The molecule has 0 spiro atoms. The first-order chi connectivity index (χ1) is 16.8. The number of nitrogens with zero attached hydrogens (tertiary/aromatic N) is 2. The second-order valence-electron chi connectivity index (χ2n) is 8.55. The van der Waals surface area contributed by atoms with E-state index in [1.165, 1.54) is 26.0 Å². The summed E-state index contributed by atoms with van der Waals surface area (Å²) in [7, 11) is 0. The molecule has 0 aliphatic carbocycles. The zero-order valence-corrected chi connectivity index (χ0v) is 19.2. The molecule has 0 unspecified atom stereocenters. The lowest BCUT2D eigenvalue weighted by Crippen LogP contribution is -2.57. The smallest absolute Gasteiger partial charge is 0.330 e. The van der Waals surface area contributed by atoms with Gasteiger partial charge in [-0.15, -0.1) is 0 Å². The van der Waals surface area contributed by atoms with Crippen molar-refractivity contribution in [3.05, 3.63) is 56.6 Å². The first kappa shape index (κ1) is 27.0. The van der Waals surface area contributed by atoms with Crippen LogP contribution in [0.3, 0.4) is 0 Å². The van der Waals surface area contributed by atoms with Gasteiger partial charge in [-0.05, 0) is 19.1 Å². The Morgan fingerprint density at radius 3 is 2.50 bits per heavy atom. The Kier molecular flexibility index (Phi) is 7.90. The van der Waals surface area contributed by atoms with E-state index in [0.717, 1.165) is 17.0 Å². The number of carbonyl (C=O) groups excluding carboxylic acids is 1. The number of aromatic amines is 1. The van der Waals surface area contributed by atoms with Crippen LogP contribution in [0.2, 0.25) is 0 Å². The Balaban J connectivity index is 1.78. The highest BCUT2D eigenvalue weighted by molar-refractivity contribution is 5.87. The van der Waals surface area contributed by atoms with Gasteiger partial charge in [0, 0.05) is 17.7 Å². The third kappa shape index (κ3) is 5.29. The number of aromatic nitrogens is 3. The number of carbonyl (C=O) groups is 2. The zero-order valence-electron chi connectivity index (χ0n) is 19.2. The molecule has 3 heterocycles. The number of aliphatic carboxylic acids is 1. The Morgan fingerprint density at radius 2 is 1.92 bits per heavy atom. The summed E-state index contributed by atoms with van der Waals surface area (Å²) in [5, 5.41) is 52.5. The lowest BCUT2D eigenvalue weighted by atomic mass is 9.92. The summed E-state index contributed by atoms with van der Waals surface area (Å²) >= 11 is 0. The Bertz CT molecular complexity index is 1230. The Labute approximate surface area is 202 Å². The number of hydrogen-bond donors (Lipinski definition) is 8. The minimum atomic E-state index is -1.91. The van der Waals surface area contributed by atoms with Crippen molar-refractivity contribution in [1.82, 2.24) is 19.9 Å². The van der Waals surface area contributed by atoms with Crippen LogP contribution in [-0.4, -0.2) is 82.3 Å². The summed E-state index contributed by atoms with van der Waals surface area (Å²) in [5.74, 6) is -3.75. The van der Waals surface area contributed by atoms with Crippen molar-refractivity contribution in [2.45, 2.75) is 56.6 Å². The van der Waals surface area contributed by atoms with Crippen LogP contribution >= 0.6 is 0 Å². The van der Waals surface area contributed by atoms with Gasteiger partial charge in [0.15, 0.2) is 12.3 Å². The van der Waals surface area contributed by atoms with Crippen LogP contribution in [0.1, 0.15) is 30.5 Å². The van der Waals surface area contributed by atoms with Crippen LogP contribution in [0, 0.1) is 12.8 Å². The third-order valence-electron chi connectivity index (χ3n) is 6.03. The molecule has 36 heavy (non-hydrogen) atoms. The fraction of sp³-hybridized carbons (Fsp3) is 0.476. The average molecular weight is 509 g/mol. The number of aliphatic hydroxyl groups excluding tert-OH is 3. The number of aromatic hydroxyl groups is 1. The molecule has 15 heteroatoms. The number of hydrogen-bond acceptors (Lipinski definition) is 11. The fourth-order valence-electron chi connectivity index (χ4n) is 3.78. The number of ether oxygens (including phenoxy) is 1. The minimum absolute atomic E-state index is 0.0908. The van der Waals surface area contributed by atoms with Gasteiger partial charge in [-0.2, -0.15) is 0 Å². The predicted octanol–water partition coefficient (Wildman–Crippen LogP) is -3.17. The molecule has 1 aliphatic rings. The summed E-state index contributed by atoms with van der Waals surface area (Å²) in [6, 6.07) is -0.749. The molecule has 1 aliphatic heterocycles. The zero-order chi connectivity index (χ0) is 26.9. The van der Waals surface area contributed by atoms with Gasteiger partial charge in [0.2, 0.25) is 5.91 Å². The predicted molar refractivity (Wildman–Crippen MR) is 120 cm³/mol. The number of aliphatic hydroxyl groups is 3. The largest absolute Gasteiger partial charge is 0.506 e. The van der Waals surface area contributed by atoms with Gasteiger partial charge < -0.3 is 41.3 Å². The summed E-state index contributed by atoms with van der Waals surface area (Å²) in [6.45, 7) is 2.81. The van der Waals surface area contributed by atoms with Crippen molar-refractivity contribution in [2.24, 2.45) is 11.7 Å². The molecule has 1 saturated heterocycles. The molecule has 0 radical (unpaired) electrons. The Morgan fingerprint density at radius 1 is 1.25 bits per heavy atom. The number of nitrogens with two attached hydrogens (primary N) is 1. The van der Waals surface area contributed by atoms with Crippen LogP contribution in [0.25, 0.3) is 0 Å². The van der Waals surface area contributed by atoms with Crippen molar-refractivity contribution >= 4 is 11.9 Å². The standard InChI is InChI=1S/C21H27N5O10/c1-7-6-26(21(35)25-17(7)31)19-15(30)14(29)16(36-19)12(20(33)34)24-18(32)11(22)8(2)13(28)10-4-3-9(27)5-23-10/h3-6,8,11-16,19,27-30H,22H2,1-2H3,(H,24,32)(H,33,34)(H,25,31,35)/t8-,11-,12-,13-,14-,15+,16+,19+/m0/s1. The number of amides is 1. The van der Waals surface area contributed by atoms with E-state index in [1.807, 2.05) is 4.98 Å². The van der Waals surface area contributed by atoms with Gasteiger partial charge in [-0.3, -0.25) is 24.1 Å². The normalized spacial score (nSPS) is 25.1. The Hall–Kier alpha value is -3.63.